The minimum atomic E-state index is -5.08. The maximum absolute atomic E-state index is 12.9. The fourth-order valence-corrected chi connectivity index (χ4v) is 4.69. The molecule has 0 fully saturated rings. The Balaban J connectivity index is 0.00000211. The van der Waals surface area contributed by atoms with Gasteiger partial charge >= 0.3 is 36.0 Å². The first-order valence-electron chi connectivity index (χ1n) is 16.8. The van der Waals surface area contributed by atoms with Crippen molar-refractivity contribution in [3.8, 4) is 0 Å². The summed E-state index contributed by atoms with van der Waals surface area (Å²) < 4.78 is 31.7. The van der Waals surface area contributed by atoms with Crippen molar-refractivity contribution >= 4 is 47.6 Å². The number of carbonyl (C=O) groups is 8. The van der Waals surface area contributed by atoms with E-state index in [9.17, 15) is 46.7 Å². The number of carbonyl (C=O) groups excluding carboxylic acids is 3. The largest absolute Gasteiger partial charge is 0.490 e. The number of carboxylic acid groups (broad SMARTS) is 5. The molecular weight excluding hydrogens is 771 g/mol. The Morgan fingerprint density at radius 1 is 0.632 bits per heavy atom. The van der Waals surface area contributed by atoms with Crippen LogP contribution < -0.4 is 21.9 Å². The van der Waals surface area contributed by atoms with Gasteiger partial charge in [0, 0.05) is 38.3 Å². The summed E-state index contributed by atoms with van der Waals surface area (Å²) in [5, 5.41) is 46.4. The van der Waals surface area contributed by atoms with Gasteiger partial charge in [-0.2, -0.15) is 13.2 Å². The Bertz CT molecular complexity index is 1610. The van der Waals surface area contributed by atoms with Gasteiger partial charge in [0.05, 0.1) is 38.8 Å². The van der Waals surface area contributed by atoms with Gasteiger partial charge < -0.3 is 36.6 Å². The molecule has 0 aliphatic rings. The molecule has 0 saturated carbocycles. The van der Waals surface area contributed by atoms with Crippen LogP contribution in [0.25, 0.3) is 0 Å². The van der Waals surface area contributed by atoms with Crippen molar-refractivity contribution in [2.24, 2.45) is 5.73 Å². The van der Waals surface area contributed by atoms with Crippen LogP contribution in [0.3, 0.4) is 0 Å². The average molecular weight is 816 g/mol. The first-order valence-corrected chi connectivity index (χ1v) is 16.8. The molecule has 2 rings (SSSR count). The number of nitrogens with zero attached hydrogens (tertiary/aromatic N) is 3. The second-order valence-electron chi connectivity index (χ2n) is 12.1. The van der Waals surface area contributed by atoms with Gasteiger partial charge in [-0.25, -0.2) is 4.79 Å². The standard InChI is InChI=1S/C32H43N7O11.C2HF3O2/c33-25(10-9-22-5-2-1-3-6-22)32(50)36-35-31(49)24-8-4-7-23(15-24)16-34-26(40)17-37(11-13-38(18-27(41)42)19-28(43)44)12-14-39(20-29(45)46)21-30(47)48;3-2(4,5)1(6)7/h1-8,15,25H,9-14,16-21,33H2,(H,34,40)(H,35,49)(H,36,50)(H,41,42)(H,43,44)(H,45,46)(H,47,48);(H,6,7)/t25-;/m1./s1. The van der Waals surface area contributed by atoms with Crippen LogP contribution in [0.5, 0.6) is 0 Å². The van der Waals surface area contributed by atoms with E-state index in [1.54, 1.807) is 12.1 Å². The van der Waals surface area contributed by atoms with E-state index in [0.717, 1.165) is 15.4 Å². The summed E-state index contributed by atoms with van der Waals surface area (Å²) in [6.07, 6.45) is -4.14. The summed E-state index contributed by atoms with van der Waals surface area (Å²) in [5.74, 6) is -9.49. The van der Waals surface area contributed by atoms with E-state index >= 15 is 0 Å². The lowest BCUT2D eigenvalue weighted by molar-refractivity contribution is -0.192. The molecule has 314 valence electrons. The van der Waals surface area contributed by atoms with Gasteiger partial charge in [-0.15, -0.1) is 0 Å². The van der Waals surface area contributed by atoms with Crippen molar-refractivity contribution in [3.63, 3.8) is 0 Å². The molecule has 57 heavy (non-hydrogen) atoms. The van der Waals surface area contributed by atoms with Crippen LogP contribution in [0.2, 0.25) is 0 Å². The summed E-state index contributed by atoms with van der Waals surface area (Å²) in [6, 6.07) is 14.9. The summed E-state index contributed by atoms with van der Waals surface area (Å²) in [6.45, 7) is -2.76. The number of aryl methyl sites for hydroxylation is 1. The van der Waals surface area contributed by atoms with Crippen LogP contribution in [-0.2, 0) is 46.5 Å². The zero-order valence-corrected chi connectivity index (χ0v) is 30.3. The molecule has 2 aromatic carbocycles. The summed E-state index contributed by atoms with van der Waals surface area (Å²) >= 11 is 0. The predicted octanol–water partition coefficient (Wildman–Crippen LogP) is -1.10. The third kappa shape index (κ3) is 22.7. The zero-order valence-electron chi connectivity index (χ0n) is 30.3. The number of rotatable bonds is 23. The molecule has 1 atom stereocenters. The monoisotopic (exact) mass is 815 g/mol. The van der Waals surface area contributed by atoms with Crippen LogP contribution in [0.4, 0.5) is 13.2 Å². The molecule has 0 saturated heterocycles. The Hall–Kier alpha value is -6.17. The Morgan fingerprint density at radius 3 is 1.54 bits per heavy atom. The molecule has 3 amide bonds. The first kappa shape index (κ1) is 48.8. The molecule has 10 N–H and O–H groups in total. The SMILES string of the molecule is N[C@H](CCc1ccccc1)C(=O)NNC(=O)c1cccc(CNC(=O)CN(CCN(CC(=O)O)CC(=O)O)CCN(CC(=O)O)CC(=O)O)c1.O=C(O)C(F)(F)F. The van der Waals surface area contributed by atoms with Gasteiger partial charge in [0.1, 0.15) is 0 Å². The molecule has 0 aliphatic carbocycles. The minimum Gasteiger partial charge on any atom is -0.480 e. The first-order chi connectivity index (χ1) is 26.7. The van der Waals surface area contributed by atoms with E-state index in [1.807, 2.05) is 30.3 Å². The highest BCUT2D eigenvalue weighted by Crippen LogP contribution is 2.13. The summed E-state index contributed by atoms with van der Waals surface area (Å²) in [7, 11) is 0. The number of hydrogen-bond acceptors (Lipinski definition) is 12. The number of aliphatic carboxylic acids is 5. The molecule has 20 nitrogen and oxygen atoms in total. The number of nitrogens with two attached hydrogens (primary N) is 1. The highest BCUT2D eigenvalue weighted by Gasteiger charge is 2.38. The molecule has 0 bridgehead atoms. The number of nitrogens with one attached hydrogen (secondary N) is 3. The second-order valence-corrected chi connectivity index (χ2v) is 12.1. The zero-order chi connectivity index (χ0) is 43.1. The molecule has 0 heterocycles. The molecule has 0 unspecified atom stereocenters. The van der Waals surface area contributed by atoms with Crippen molar-refractivity contribution in [1.29, 1.82) is 0 Å². The highest BCUT2D eigenvalue weighted by molar-refractivity contribution is 5.96. The average Bonchev–Trinajstić information content (AvgIpc) is 3.12. The maximum Gasteiger partial charge on any atom is 0.490 e. The van der Waals surface area contributed by atoms with Crippen LogP contribution >= 0.6 is 0 Å². The van der Waals surface area contributed by atoms with Gasteiger partial charge in [0.15, 0.2) is 0 Å². The maximum atomic E-state index is 12.9. The molecule has 0 aliphatic heterocycles. The van der Waals surface area contributed by atoms with Crippen molar-refractivity contribution in [3.05, 3.63) is 71.3 Å². The minimum absolute atomic E-state index is 0.000742. The molecule has 23 heteroatoms. The van der Waals surface area contributed by atoms with Crippen LogP contribution in [0, 0.1) is 0 Å². The Kier molecular flexibility index (Phi) is 21.5. The number of alkyl halides is 3. The number of carboxylic acids is 5. The van der Waals surface area contributed by atoms with Crippen LogP contribution in [0.15, 0.2) is 54.6 Å². The van der Waals surface area contributed by atoms with Gasteiger partial charge in [-0.05, 0) is 36.1 Å². The molecular formula is C34H44F3N7O13. The van der Waals surface area contributed by atoms with Gasteiger partial charge in [-0.1, -0.05) is 42.5 Å². The highest BCUT2D eigenvalue weighted by atomic mass is 19.4. The quantitative estimate of drug-likeness (QED) is 0.0602. The number of hydrazine groups is 1. The fourth-order valence-electron chi connectivity index (χ4n) is 4.69. The predicted molar refractivity (Wildman–Crippen MR) is 190 cm³/mol. The fraction of sp³-hybridized carbons (Fsp3) is 0.412. The lowest BCUT2D eigenvalue weighted by atomic mass is 10.1. The topological polar surface area (TPSA) is 310 Å². The number of benzene rings is 2. The lowest BCUT2D eigenvalue weighted by Crippen LogP contribution is -2.49. The van der Waals surface area contributed by atoms with E-state index in [2.05, 4.69) is 16.2 Å². The number of halogens is 3. The molecule has 0 aromatic heterocycles. The van der Waals surface area contributed by atoms with Crippen LogP contribution in [-0.4, -0.2) is 159 Å². The van der Waals surface area contributed by atoms with Crippen LogP contribution in [0.1, 0.15) is 27.9 Å². The molecule has 2 aromatic rings. The van der Waals surface area contributed by atoms with Crippen molar-refractivity contribution in [2.45, 2.75) is 31.6 Å². The van der Waals surface area contributed by atoms with Crippen molar-refractivity contribution < 1.29 is 77.1 Å². The van der Waals surface area contributed by atoms with Crippen molar-refractivity contribution in [2.75, 3.05) is 58.9 Å². The van der Waals surface area contributed by atoms with E-state index in [4.69, 9.17) is 36.1 Å². The Morgan fingerprint density at radius 2 is 1.09 bits per heavy atom. The molecule has 0 spiro atoms. The van der Waals surface area contributed by atoms with Crippen molar-refractivity contribution in [1.82, 2.24) is 30.9 Å². The Labute approximate surface area is 323 Å². The third-order valence-corrected chi connectivity index (χ3v) is 7.41. The van der Waals surface area contributed by atoms with E-state index < -0.39 is 86.0 Å². The second kappa shape index (κ2) is 25.1. The summed E-state index contributed by atoms with van der Waals surface area (Å²) in [4.78, 5) is 95.5. The van der Waals surface area contributed by atoms with E-state index in [1.165, 1.54) is 17.0 Å². The number of amides is 3. The lowest BCUT2D eigenvalue weighted by Gasteiger charge is -2.28. The normalized spacial score (nSPS) is 11.6. The smallest absolute Gasteiger partial charge is 0.480 e. The van der Waals surface area contributed by atoms with E-state index in [-0.39, 0.29) is 44.8 Å². The van der Waals surface area contributed by atoms with E-state index in [0.29, 0.717) is 18.4 Å². The number of hydrogen-bond donors (Lipinski definition) is 9. The molecule has 0 radical (unpaired) electrons. The van der Waals surface area contributed by atoms with Gasteiger partial charge in [0.2, 0.25) is 5.91 Å². The summed E-state index contributed by atoms with van der Waals surface area (Å²) in [5.41, 5.74) is 12.3. The van der Waals surface area contributed by atoms with Gasteiger partial charge in [-0.3, -0.25) is 59.1 Å². The third-order valence-electron chi connectivity index (χ3n) is 7.41. The van der Waals surface area contributed by atoms with Gasteiger partial charge in [0.25, 0.3) is 11.8 Å².